The zero-order chi connectivity index (χ0) is 14.2. The van der Waals surface area contributed by atoms with Crippen LogP contribution in [-0.4, -0.2) is 16.5 Å². The molecule has 1 aliphatic carbocycles. The van der Waals surface area contributed by atoms with Crippen molar-refractivity contribution in [1.82, 2.24) is 0 Å². The van der Waals surface area contributed by atoms with Crippen LogP contribution in [-0.2, 0) is 0 Å². The summed E-state index contributed by atoms with van der Waals surface area (Å²) in [5.41, 5.74) is 0.592. The molecule has 3 rings (SSSR count). The summed E-state index contributed by atoms with van der Waals surface area (Å²) in [7, 11) is 0. The molecule has 0 amide bonds. The van der Waals surface area contributed by atoms with Crippen LogP contribution < -0.4 is 5.32 Å². The molecule has 1 spiro atoms. The SMILES string of the molecule is CC1CCC2(CC1)CSC(Nc1cc(Br)ccc1F)=N2. The molecule has 0 radical (unpaired) electrons. The van der Waals surface area contributed by atoms with Crippen molar-refractivity contribution in [3.05, 3.63) is 28.5 Å². The molecule has 1 aromatic carbocycles. The van der Waals surface area contributed by atoms with Crippen LogP contribution in [0.5, 0.6) is 0 Å². The summed E-state index contributed by atoms with van der Waals surface area (Å²) < 4.78 is 14.6. The van der Waals surface area contributed by atoms with Gasteiger partial charge in [-0.2, -0.15) is 0 Å². The first-order valence-electron chi connectivity index (χ1n) is 7.01. The predicted molar refractivity (Wildman–Crippen MR) is 88.0 cm³/mol. The van der Waals surface area contributed by atoms with Gasteiger partial charge in [-0.05, 0) is 49.8 Å². The van der Waals surface area contributed by atoms with Gasteiger partial charge in [0.15, 0.2) is 5.17 Å². The molecule has 1 fully saturated rings. The van der Waals surface area contributed by atoms with E-state index in [0.717, 1.165) is 34.2 Å². The number of anilines is 1. The predicted octanol–water partition coefficient (Wildman–Crippen LogP) is 5.05. The van der Waals surface area contributed by atoms with Crippen LogP contribution >= 0.6 is 27.7 Å². The molecule has 5 heteroatoms. The van der Waals surface area contributed by atoms with E-state index in [1.165, 1.54) is 18.9 Å². The number of halogens is 2. The number of hydrogen-bond donors (Lipinski definition) is 1. The van der Waals surface area contributed by atoms with E-state index in [0.29, 0.717) is 5.69 Å². The van der Waals surface area contributed by atoms with Crippen molar-refractivity contribution in [1.29, 1.82) is 0 Å². The van der Waals surface area contributed by atoms with Gasteiger partial charge < -0.3 is 5.32 Å². The van der Waals surface area contributed by atoms with Gasteiger partial charge in [-0.3, -0.25) is 4.99 Å². The minimum absolute atomic E-state index is 0.0992. The molecule has 1 saturated carbocycles. The number of nitrogens with one attached hydrogen (secondary N) is 1. The van der Waals surface area contributed by atoms with Crippen LogP contribution in [0.1, 0.15) is 32.6 Å². The highest BCUT2D eigenvalue weighted by molar-refractivity contribution is 9.10. The number of amidine groups is 1. The lowest BCUT2D eigenvalue weighted by Gasteiger charge is -2.32. The minimum Gasteiger partial charge on any atom is -0.333 e. The van der Waals surface area contributed by atoms with E-state index in [1.54, 1.807) is 23.9 Å². The second kappa shape index (κ2) is 5.68. The smallest absolute Gasteiger partial charge is 0.161 e. The second-order valence-corrected chi connectivity index (χ2v) is 7.74. The van der Waals surface area contributed by atoms with Gasteiger partial charge in [0.2, 0.25) is 0 Å². The molecule has 1 aliphatic heterocycles. The van der Waals surface area contributed by atoms with Crippen LogP contribution in [0.2, 0.25) is 0 Å². The average molecular weight is 357 g/mol. The normalized spacial score (nSPS) is 29.6. The molecule has 0 atom stereocenters. The molecule has 2 nitrogen and oxygen atoms in total. The third kappa shape index (κ3) is 3.03. The maximum absolute atomic E-state index is 13.8. The van der Waals surface area contributed by atoms with Crippen LogP contribution in [0, 0.1) is 11.7 Å². The maximum atomic E-state index is 13.8. The van der Waals surface area contributed by atoms with E-state index in [-0.39, 0.29) is 11.4 Å². The number of thioether (sulfide) groups is 1. The summed E-state index contributed by atoms with van der Waals surface area (Å²) in [6.45, 7) is 2.31. The Hall–Kier alpha value is -0.550. The molecule has 2 aliphatic rings. The third-order valence-electron chi connectivity index (χ3n) is 4.19. The van der Waals surface area contributed by atoms with Crippen molar-refractivity contribution in [2.75, 3.05) is 11.1 Å². The van der Waals surface area contributed by atoms with Gasteiger partial charge in [-0.25, -0.2) is 4.39 Å². The van der Waals surface area contributed by atoms with E-state index >= 15 is 0 Å². The fraction of sp³-hybridized carbons (Fsp3) is 0.533. The van der Waals surface area contributed by atoms with E-state index < -0.39 is 0 Å². The summed E-state index contributed by atoms with van der Waals surface area (Å²) in [6.07, 6.45) is 4.83. The van der Waals surface area contributed by atoms with Crippen molar-refractivity contribution in [3.63, 3.8) is 0 Å². The lowest BCUT2D eigenvalue weighted by molar-refractivity contribution is 0.273. The highest BCUT2D eigenvalue weighted by atomic mass is 79.9. The van der Waals surface area contributed by atoms with Crippen molar-refractivity contribution in [2.45, 2.75) is 38.1 Å². The Morgan fingerprint density at radius 2 is 2.15 bits per heavy atom. The topological polar surface area (TPSA) is 24.4 Å². The quantitative estimate of drug-likeness (QED) is 0.760. The van der Waals surface area contributed by atoms with Crippen LogP contribution in [0.25, 0.3) is 0 Å². The molecule has 1 N–H and O–H groups in total. The molecule has 0 saturated heterocycles. The highest BCUT2D eigenvalue weighted by Gasteiger charge is 2.38. The monoisotopic (exact) mass is 356 g/mol. The minimum atomic E-state index is -0.241. The molecular formula is C15H18BrFN2S. The number of rotatable bonds is 1. The van der Waals surface area contributed by atoms with Crippen LogP contribution in [0.15, 0.2) is 27.7 Å². The number of benzene rings is 1. The standard InChI is InChI=1S/C15H18BrFN2S/c1-10-4-6-15(7-5-10)9-20-14(19-15)18-13-8-11(16)2-3-12(13)17/h2-3,8,10H,4-7,9H2,1H3,(H,18,19). The largest absolute Gasteiger partial charge is 0.333 e. The molecule has 108 valence electrons. The molecule has 20 heavy (non-hydrogen) atoms. The van der Waals surface area contributed by atoms with Crippen molar-refractivity contribution in [3.8, 4) is 0 Å². The van der Waals surface area contributed by atoms with Crippen molar-refractivity contribution < 1.29 is 4.39 Å². The van der Waals surface area contributed by atoms with E-state index in [4.69, 9.17) is 4.99 Å². The van der Waals surface area contributed by atoms with Gasteiger partial charge >= 0.3 is 0 Å². The lowest BCUT2D eigenvalue weighted by atomic mass is 9.79. The van der Waals surface area contributed by atoms with E-state index in [2.05, 4.69) is 28.2 Å². The highest BCUT2D eigenvalue weighted by Crippen LogP contribution is 2.41. The van der Waals surface area contributed by atoms with E-state index in [1.807, 2.05) is 0 Å². The fourth-order valence-corrected chi connectivity index (χ4v) is 4.37. The Bertz CT molecular complexity index is 539. The van der Waals surface area contributed by atoms with Gasteiger partial charge in [-0.1, -0.05) is 34.6 Å². The summed E-state index contributed by atoms with van der Waals surface area (Å²) in [4.78, 5) is 4.87. The molecular weight excluding hydrogens is 339 g/mol. The van der Waals surface area contributed by atoms with Crippen molar-refractivity contribution in [2.24, 2.45) is 10.9 Å². The first-order chi connectivity index (χ1) is 9.56. The molecule has 0 bridgehead atoms. The first kappa shape index (κ1) is 14.4. The first-order valence-corrected chi connectivity index (χ1v) is 8.79. The third-order valence-corrected chi connectivity index (χ3v) is 5.83. The van der Waals surface area contributed by atoms with Crippen LogP contribution in [0.4, 0.5) is 10.1 Å². The van der Waals surface area contributed by atoms with Crippen LogP contribution in [0.3, 0.4) is 0 Å². The molecule has 1 heterocycles. The zero-order valence-electron chi connectivity index (χ0n) is 11.5. The second-order valence-electron chi connectivity index (χ2n) is 5.86. The van der Waals surface area contributed by atoms with Gasteiger partial charge in [0, 0.05) is 10.2 Å². The summed E-state index contributed by atoms with van der Waals surface area (Å²) in [5.74, 6) is 1.60. The maximum Gasteiger partial charge on any atom is 0.161 e. The lowest BCUT2D eigenvalue weighted by Crippen LogP contribution is -2.32. The van der Waals surface area contributed by atoms with Crippen molar-refractivity contribution >= 4 is 38.5 Å². The Morgan fingerprint density at radius 1 is 1.40 bits per heavy atom. The average Bonchev–Trinajstić information content (AvgIpc) is 2.81. The Kier molecular flexibility index (Phi) is 4.09. The summed E-state index contributed by atoms with van der Waals surface area (Å²) in [5, 5.41) is 4.00. The van der Waals surface area contributed by atoms with Gasteiger partial charge in [0.05, 0.1) is 11.2 Å². The fourth-order valence-electron chi connectivity index (χ4n) is 2.81. The Balaban J connectivity index is 1.74. The Morgan fingerprint density at radius 3 is 2.90 bits per heavy atom. The van der Waals surface area contributed by atoms with E-state index in [9.17, 15) is 4.39 Å². The molecule has 0 aromatic heterocycles. The van der Waals surface area contributed by atoms with Gasteiger partial charge in [0.25, 0.3) is 0 Å². The summed E-state index contributed by atoms with van der Waals surface area (Å²) >= 11 is 5.08. The van der Waals surface area contributed by atoms with Gasteiger partial charge in [-0.15, -0.1) is 0 Å². The van der Waals surface area contributed by atoms with Gasteiger partial charge in [0.1, 0.15) is 5.82 Å². The molecule has 0 unspecified atom stereocenters. The zero-order valence-corrected chi connectivity index (χ0v) is 13.9. The summed E-state index contributed by atoms with van der Waals surface area (Å²) in [6, 6.07) is 4.92. The number of hydrogen-bond acceptors (Lipinski definition) is 3. The molecule has 1 aromatic rings. The number of nitrogens with zero attached hydrogens (tertiary/aromatic N) is 1. The number of aliphatic imine (C=N–C) groups is 1. The Labute approximate surface area is 131 Å².